The molecule has 2 rings (SSSR count). The van der Waals surface area contributed by atoms with Gasteiger partial charge < -0.3 is 0 Å². The molecule has 2 aromatic rings. The highest BCUT2D eigenvalue weighted by Crippen LogP contribution is 2.14. The van der Waals surface area contributed by atoms with Crippen LogP contribution in [-0.2, 0) is 0 Å². The zero-order valence-electron chi connectivity index (χ0n) is 7.32. The van der Waals surface area contributed by atoms with Crippen molar-refractivity contribution in [1.82, 2.24) is 19.9 Å². The summed E-state index contributed by atoms with van der Waals surface area (Å²) in [5.41, 5.74) is -1.02. The second-order valence-electron chi connectivity index (χ2n) is 2.70. The lowest BCUT2D eigenvalue weighted by Gasteiger charge is -1.97. The largest absolute Gasteiger partial charge is 0.351 e. The summed E-state index contributed by atoms with van der Waals surface area (Å²) >= 11 is 5.73. The standard InChI is InChI=1S/C8H5ClN4O2/c9-4-1-2-10-5(3-4)6-11-7(14)13-8(15)12-6/h1-3H,(H2,11,12,13,14,15). The Hall–Kier alpha value is -1.95. The third-order valence-electron chi connectivity index (χ3n) is 1.63. The fourth-order valence-electron chi connectivity index (χ4n) is 1.05. The number of pyridine rings is 1. The van der Waals surface area contributed by atoms with E-state index in [1.165, 1.54) is 12.3 Å². The van der Waals surface area contributed by atoms with E-state index in [1.54, 1.807) is 6.07 Å². The maximum absolute atomic E-state index is 11.0. The minimum atomic E-state index is -0.726. The number of aromatic amines is 2. The van der Waals surface area contributed by atoms with Crippen LogP contribution in [0.3, 0.4) is 0 Å². The van der Waals surface area contributed by atoms with Crippen LogP contribution < -0.4 is 11.4 Å². The first-order valence-corrected chi connectivity index (χ1v) is 4.35. The van der Waals surface area contributed by atoms with E-state index >= 15 is 0 Å². The highest BCUT2D eigenvalue weighted by molar-refractivity contribution is 6.30. The van der Waals surface area contributed by atoms with Gasteiger partial charge in [-0.25, -0.2) is 9.59 Å². The van der Waals surface area contributed by atoms with Crippen molar-refractivity contribution in [1.29, 1.82) is 0 Å². The first-order chi connectivity index (χ1) is 7.15. The molecule has 7 heteroatoms. The Balaban J connectivity index is 2.64. The van der Waals surface area contributed by atoms with Crippen molar-refractivity contribution in [2.24, 2.45) is 0 Å². The predicted molar refractivity (Wildman–Crippen MR) is 53.7 cm³/mol. The third-order valence-corrected chi connectivity index (χ3v) is 1.87. The molecule has 6 nitrogen and oxygen atoms in total. The zero-order valence-corrected chi connectivity index (χ0v) is 8.08. The summed E-state index contributed by atoms with van der Waals surface area (Å²) in [6.45, 7) is 0. The highest BCUT2D eigenvalue weighted by atomic mass is 35.5. The molecule has 0 aromatic carbocycles. The summed E-state index contributed by atoms with van der Waals surface area (Å²) in [7, 11) is 0. The topological polar surface area (TPSA) is 91.5 Å². The Morgan fingerprint density at radius 1 is 1.27 bits per heavy atom. The molecular weight excluding hydrogens is 220 g/mol. The number of aromatic nitrogens is 4. The lowest BCUT2D eigenvalue weighted by molar-refractivity contribution is 0.936. The van der Waals surface area contributed by atoms with Crippen molar-refractivity contribution in [2.45, 2.75) is 0 Å². The molecule has 2 N–H and O–H groups in total. The summed E-state index contributed by atoms with van der Waals surface area (Å²) in [5.74, 6) is 0.0891. The normalized spacial score (nSPS) is 10.2. The monoisotopic (exact) mass is 224 g/mol. The third kappa shape index (κ3) is 2.10. The van der Waals surface area contributed by atoms with Gasteiger partial charge in [0, 0.05) is 11.2 Å². The molecule has 2 aromatic heterocycles. The van der Waals surface area contributed by atoms with E-state index in [0.29, 0.717) is 10.7 Å². The Kier molecular flexibility index (Phi) is 2.34. The van der Waals surface area contributed by atoms with Crippen molar-refractivity contribution >= 4 is 11.6 Å². The van der Waals surface area contributed by atoms with Crippen LogP contribution in [0.15, 0.2) is 27.9 Å². The molecule has 0 radical (unpaired) electrons. The molecule has 0 saturated carbocycles. The number of H-pyrrole nitrogens is 2. The Labute approximate surface area is 88.0 Å². The van der Waals surface area contributed by atoms with Crippen molar-refractivity contribution in [2.75, 3.05) is 0 Å². The van der Waals surface area contributed by atoms with Gasteiger partial charge in [0.15, 0.2) is 5.82 Å². The first-order valence-electron chi connectivity index (χ1n) is 3.98. The fourth-order valence-corrected chi connectivity index (χ4v) is 1.21. The molecule has 0 bridgehead atoms. The average Bonchev–Trinajstić information content (AvgIpc) is 2.16. The van der Waals surface area contributed by atoms with Crippen molar-refractivity contribution in [3.8, 4) is 11.5 Å². The van der Waals surface area contributed by atoms with Gasteiger partial charge in [-0.2, -0.15) is 4.98 Å². The summed E-state index contributed by atoms with van der Waals surface area (Å²) in [4.78, 5) is 33.7. The van der Waals surface area contributed by atoms with E-state index in [-0.39, 0.29) is 5.82 Å². The van der Waals surface area contributed by atoms with Gasteiger partial charge in [-0.3, -0.25) is 15.0 Å². The molecule has 0 fully saturated rings. The van der Waals surface area contributed by atoms with Crippen molar-refractivity contribution in [3.63, 3.8) is 0 Å². The van der Waals surface area contributed by atoms with Crippen LogP contribution in [-0.4, -0.2) is 19.9 Å². The SMILES string of the molecule is O=c1nc(-c2cc(Cl)ccn2)[nH]c(=O)[nH]1. The van der Waals surface area contributed by atoms with Crippen molar-refractivity contribution in [3.05, 3.63) is 44.3 Å². The van der Waals surface area contributed by atoms with E-state index in [0.717, 1.165) is 0 Å². The second-order valence-corrected chi connectivity index (χ2v) is 3.14. The molecule has 15 heavy (non-hydrogen) atoms. The van der Waals surface area contributed by atoms with Crippen LogP contribution in [0.1, 0.15) is 0 Å². The van der Waals surface area contributed by atoms with Crippen LogP contribution in [0, 0.1) is 0 Å². The van der Waals surface area contributed by atoms with Gasteiger partial charge in [-0.1, -0.05) is 11.6 Å². The van der Waals surface area contributed by atoms with E-state index in [9.17, 15) is 9.59 Å². The van der Waals surface area contributed by atoms with Crippen molar-refractivity contribution < 1.29 is 0 Å². The van der Waals surface area contributed by atoms with Gasteiger partial charge in [0.1, 0.15) is 5.69 Å². The van der Waals surface area contributed by atoms with Crippen LogP contribution in [0.25, 0.3) is 11.5 Å². The van der Waals surface area contributed by atoms with Crippen LogP contribution >= 0.6 is 11.6 Å². The van der Waals surface area contributed by atoms with Crippen LogP contribution in [0.5, 0.6) is 0 Å². The Bertz CT molecular complexity index is 576. The lowest BCUT2D eigenvalue weighted by atomic mass is 10.3. The molecule has 0 spiro atoms. The Morgan fingerprint density at radius 2 is 2.07 bits per heavy atom. The minimum absolute atomic E-state index is 0.0891. The lowest BCUT2D eigenvalue weighted by Crippen LogP contribution is -2.25. The number of rotatable bonds is 1. The van der Waals surface area contributed by atoms with Gasteiger partial charge in [-0.05, 0) is 12.1 Å². The maximum atomic E-state index is 11.0. The maximum Gasteiger partial charge on any atom is 0.351 e. The van der Waals surface area contributed by atoms with Crippen LogP contribution in [0.2, 0.25) is 5.02 Å². The Morgan fingerprint density at radius 3 is 2.73 bits per heavy atom. The van der Waals surface area contributed by atoms with E-state index in [4.69, 9.17) is 11.6 Å². The smallest absolute Gasteiger partial charge is 0.290 e. The summed E-state index contributed by atoms with van der Waals surface area (Å²) < 4.78 is 0. The number of halogens is 1. The van der Waals surface area contributed by atoms with Gasteiger partial charge in [0.25, 0.3) is 0 Å². The van der Waals surface area contributed by atoms with Gasteiger partial charge >= 0.3 is 11.4 Å². The zero-order chi connectivity index (χ0) is 10.8. The predicted octanol–water partition coefficient (Wildman–Crippen LogP) is 0.174. The van der Waals surface area contributed by atoms with Gasteiger partial charge in [-0.15, -0.1) is 0 Å². The second kappa shape index (κ2) is 3.66. The first kappa shape index (κ1) is 9.60. The molecule has 0 aliphatic heterocycles. The molecule has 76 valence electrons. The molecule has 0 amide bonds. The summed E-state index contributed by atoms with van der Waals surface area (Å²) in [5, 5.41) is 0.447. The van der Waals surface area contributed by atoms with Crippen LogP contribution in [0.4, 0.5) is 0 Å². The van der Waals surface area contributed by atoms with Gasteiger partial charge in [0.2, 0.25) is 0 Å². The number of nitrogens with zero attached hydrogens (tertiary/aromatic N) is 2. The molecule has 0 saturated heterocycles. The van der Waals surface area contributed by atoms with E-state index in [2.05, 4.69) is 15.0 Å². The molecule has 0 aliphatic rings. The quantitative estimate of drug-likeness (QED) is 0.723. The minimum Gasteiger partial charge on any atom is -0.290 e. The molecule has 0 unspecified atom stereocenters. The summed E-state index contributed by atoms with van der Waals surface area (Å²) in [6.07, 6.45) is 1.46. The van der Waals surface area contributed by atoms with E-state index < -0.39 is 11.4 Å². The van der Waals surface area contributed by atoms with E-state index in [1.807, 2.05) is 4.98 Å². The van der Waals surface area contributed by atoms with Gasteiger partial charge in [0.05, 0.1) is 0 Å². The fraction of sp³-hybridized carbons (Fsp3) is 0. The molecule has 0 aliphatic carbocycles. The molecule has 0 atom stereocenters. The number of nitrogens with one attached hydrogen (secondary N) is 2. The highest BCUT2D eigenvalue weighted by Gasteiger charge is 2.03. The average molecular weight is 225 g/mol. The summed E-state index contributed by atoms with van der Waals surface area (Å²) in [6, 6.07) is 3.08. The number of hydrogen-bond acceptors (Lipinski definition) is 4. The number of hydrogen-bond donors (Lipinski definition) is 2. The molecule has 2 heterocycles. The molecular formula is C8H5ClN4O2.